The molecule has 0 aliphatic rings. The number of pyridine rings is 1. The van der Waals surface area contributed by atoms with Gasteiger partial charge < -0.3 is 11.1 Å². The third-order valence-electron chi connectivity index (χ3n) is 2.76. The molecule has 0 saturated heterocycles. The Labute approximate surface area is 120 Å². The summed E-state index contributed by atoms with van der Waals surface area (Å²) in [5.41, 5.74) is 8.65. The molecule has 0 saturated carbocycles. The molecule has 1 heterocycles. The molecule has 0 radical (unpaired) electrons. The van der Waals surface area contributed by atoms with E-state index in [4.69, 9.17) is 5.73 Å². The highest BCUT2D eigenvalue weighted by Gasteiger charge is 2.04. The van der Waals surface area contributed by atoms with Crippen LogP contribution in [0.5, 0.6) is 0 Å². The van der Waals surface area contributed by atoms with Crippen molar-refractivity contribution in [1.29, 1.82) is 0 Å². The molecule has 0 aliphatic carbocycles. The molecule has 0 atom stereocenters. The van der Waals surface area contributed by atoms with Crippen molar-refractivity contribution < 1.29 is 4.79 Å². The molecule has 0 unspecified atom stereocenters. The second-order valence-electron chi connectivity index (χ2n) is 4.22. The summed E-state index contributed by atoms with van der Waals surface area (Å²) >= 11 is 3.35. The average Bonchev–Trinajstić information content (AvgIpc) is 2.39. The quantitative estimate of drug-likeness (QED) is 0.910. The minimum atomic E-state index is -0.413. The van der Waals surface area contributed by atoms with Gasteiger partial charge in [-0.15, -0.1) is 0 Å². The topological polar surface area (TPSA) is 68.0 Å². The number of halogens is 1. The molecular weight excluding hydrogens is 306 g/mol. The first-order valence-electron chi connectivity index (χ1n) is 5.81. The first kappa shape index (κ1) is 13.5. The summed E-state index contributed by atoms with van der Waals surface area (Å²) in [4.78, 5) is 15.3. The van der Waals surface area contributed by atoms with Gasteiger partial charge in [-0.1, -0.05) is 0 Å². The van der Waals surface area contributed by atoms with E-state index in [1.165, 1.54) is 0 Å². The zero-order valence-electron chi connectivity index (χ0n) is 10.5. The molecule has 19 heavy (non-hydrogen) atoms. The summed E-state index contributed by atoms with van der Waals surface area (Å²) in [6.07, 6.45) is 1.76. The number of carbonyl (C=O) groups excluding carboxylic acids is 1. The first-order valence-corrected chi connectivity index (χ1v) is 6.60. The summed E-state index contributed by atoms with van der Waals surface area (Å²) < 4.78 is 0.957. The molecule has 98 valence electrons. The first-order chi connectivity index (χ1) is 9.06. The lowest BCUT2D eigenvalue weighted by Crippen LogP contribution is -2.11. The second kappa shape index (κ2) is 5.84. The van der Waals surface area contributed by atoms with Gasteiger partial charge in [-0.2, -0.15) is 0 Å². The molecule has 0 fully saturated rings. The Morgan fingerprint density at radius 2 is 2.16 bits per heavy atom. The van der Waals surface area contributed by atoms with Gasteiger partial charge in [0.25, 0.3) is 0 Å². The van der Waals surface area contributed by atoms with E-state index >= 15 is 0 Å². The molecule has 3 N–H and O–H groups in total. The third kappa shape index (κ3) is 3.54. The maximum absolute atomic E-state index is 11.1. The maximum Gasteiger partial charge on any atom is 0.248 e. The van der Waals surface area contributed by atoms with E-state index < -0.39 is 5.91 Å². The highest BCUT2D eigenvalue weighted by molar-refractivity contribution is 9.10. The molecular formula is C14H14BrN3O. The predicted molar refractivity (Wildman–Crippen MR) is 79.0 cm³/mol. The Morgan fingerprint density at radius 3 is 2.74 bits per heavy atom. The SMILES string of the molecule is Cc1cc(C(N)=O)ccc1NCc1ccc(Br)cn1. The van der Waals surface area contributed by atoms with Crippen LogP contribution in [0, 0.1) is 6.92 Å². The van der Waals surface area contributed by atoms with Gasteiger partial charge >= 0.3 is 0 Å². The van der Waals surface area contributed by atoms with E-state index in [0.29, 0.717) is 12.1 Å². The van der Waals surface area contributed by atoms with Crippen LogP contribution in [0.15, 0.2) is 41.0 Å². The van der Waals surface area contributed by atoms with Crippen molar-refractivity contribution in [1.82, 2.24) is 4.98 Å². The minimum absolute atomic E-state index is 0.413. The summed E-state index contributed by atoms with van der Waals surface area (Å²) in [6, 6.07) is 9.25. The molecule has 0 bridgehead atoms. The van der Waals surface area contributed by atoms with E-state index in [0.717, 1.165) is 21.4 Å². The van der Waals surface area contributed by atoms with Gasteiger partial charge in [-0.25, -0.2) is 0 Å². The van der Waals surface area contributed by atoms with E-state index in [2.05, 4.69) is 26.2 Å². The van der Waals surface area contributed by atoms with Crippen molar-refractivity contribution in [3.63, 3.8) is 0 Å². The van der Waals surface area contributed by atoms with Gasteiger partial charge in [0.1, 0.15) is 0 Å². The fourth-order valence-corrected chi connectivity index (χ4v) is 1.95. The summed E-state index contributed by atoms with van der Waals surface area (Å²) in [6.45, 7) is 2.56. The number of nitrogens with one attached hydrogen (secondary N) is 1. The molecule has 0 spiro atoms. The second-order valence-corrected chi connectivity index (χ2v) is 5.13. The fourth-order valence-electron chi connectivity index (χ4n) is 1.71. The van der Waals surface area contributed by atoms with Gasteiger partial charge in [0, 0.05) is 21.9 Å². The monoisotopic (exact) mass is 319 g/mol. The summed E-state index contributed by atoms with van der Waals surface area (Å²) in [7, 11) is 0. The number of hydrogen-bond donors (Lipinski definition) is 2. The van der Waals surface area contributed by atoms with E-state index in [1.807, 2.05) is 25.1 Å². The Bertz CT molecular complexity index is 596. The number of anilines is 1. The molecule has 5 heteroatoms. The summed E-state index contributed by atoms with van der Waals surface area (Å²) in [5, 5.41) is 3.28. The number of carbonyl (C=O) groups is 1. The molecule has 1 aromatic carbocycles. The summed E-state index contributed by atoms with van der Waals surface area (Å²) in [5.74, 6) is -0.413. The van der Waals surface area contributed by atoms with Crippen molar-refractivity contribution in [3.8, 4) is 0 Å². The van der Waals surface area contributed by atoms with E-state index in [-0.39, 0.29) is 0 Å². The number of nitrogens with zero attached hydrogens (tertiary/aromatic N) is 1. The van der Waals surface area contributed by atoms with Crippen LogP contribution in [0.1, 0.15) is 21.6 Å². The predicted octanol–water partition coefficient (Wildman–Crippen LogP) is 2.86. The molecule has 1 aromatic heterocycles. The number of aromatic nitrogens is 1. The Morgan fingerprint density at radius 1 is 1.37 bits per heavy atom. The van der Waals surface area contributed by atoms with Crippen molar-refractivity contribution in [2.24, 2.45) is 5.73 Å². The lowest BCUT2D eigenvalue weighted by atomic mass is 10.1. The Kier molecular flexibility index (Phi) is 4.16. The normalized spacial score (nSPS) is 10.2. The number of nitrogens with two attached hydrogens (primary N) is 1. The van der Waals surface area contributed by atoms with E-state index in [9.17, 15) is 4.79 Å². The van der Waals surface area contributed by atoms with Gasteiger partial charge in [0.2, 0.25) is 5.91 Å². The molecule has 2 rings (SSSR count). The van der Waals surface area contributed by atoms with Gasteiger partial charge in [-0.05, 0) is 58.7 Å². The number of rotatable bonds is 4. The van der Waals surface area contributed by atoms with E-state index in [1.54, 1.807) is 18.3 Å². The van der Waals surface area contributed by atoms with Crippen LogP contribution < -0.4 is 11.1 Å². The molecule has 4 nitrogen and oxygen atoms in total. The fraction of sp³-hybridized carbons (Fsp3) is 0.143. The zero-order chi connectivity index (χ0) is 13.8. The van der Waals surface area contributed by atoms with Crippen LogP contribution in [0.2, 0.25) is 0 Å². The Hall–Kier alpha value is -1.88. The van der Waals surface area contributed by atoms with Crippen LogP contribution in [-0.4, -0.2) is 10.9 Å². The van der Waals surface area contributed by atoms with Crippen LogP contribution in [-0.2, 0) is 6.54 Å². The van der Waals surface area contributed by atoms with Crippen LogP contribution in [0.3, 0.4) is 0 Å². The number of primary amides is 1. The van der Waals surface area contributed by atoms with Crippen molar-refractivity contribution in [2.75, 3.05) is 5.32 Å². The molecule has 1 amide bonds. The third-order valence-corrected chi connectivity index (χ3v) is 3.23. The highest BCUT2D eigenvalue weighted by atomic mass is 79.9. The van der Waals surface area contributed by atoms with Crippen LogP contribution in [0.4, 0.5) is 5.69 Å². The largest absolute Gasteiger partial charge is 0.379 e. The van der Waals surface area contributed by atoms with Crippen LogP contribution in [0.25, 0.3) is 0 Å². The van der Waals surface area contributed by atoms with Crippen molar-refractivity contribution in [2.45, 2.75) is 13.5 Å². The van der Waals surface area contributed by atoms with Gasteiger partial charge in [-0.3, -0.25) is 9.78 Å². The van der Waals surface area contributed by atoms with Crippen molar-refractivity contribution in [3.05, 3.63) is 57.8 Å². The lowest BCUT2D eigenvalue weighted by Gasteiger charge is -2.10. The highest BCUT2D eigenvalue weighted by Crippen LogP contribution is 2.17. The number of hydrogen-bond acceptors (Lipinski definition) is 3. The minimum Gasteiger partial charge on any atom is -0.379 e. The standard InChI is InChI=1S/C14H14BrN3O/c1-9-6-10(14(16)19)2-5-13(9)18-8-12-4-3-11(15)7-17-12/h2-7,18H,8H2,1H3,(H2,16,19). The number of aryl methyl sites for hydroxylation is 1. The lowest BCUT2D eigenvalue weighted by molar-refractivity contribution is 0.1000. The number of amides is 1. The van der Waals surface area contributed by atoms with Gasteiger partial charge in [0.05, 0.1) is 12.2 Å². The zero-order valence-corrected chi connectivity index (χ0v) is 12.1. The van der Waals surface area contributed by atoms with Crippen LogP contribution >= 0.6 is 15.9 Å². The Balaban J connectivity index is 2.07. The smallest absolute Gasteiger partial charge is 0.248 e. The molecule has 0 aliphatic heterocycles. The average molecular weight is 320 g/mol. The maximum atomic E-state index is 11.1. The van der Waals surface area contributed by atoms with Gasteiger partial charge in [0.15, 0.2) is 0 Å². The van der Waals surface area contributed by atoms with Crippen molar-refractivity contribution >= 4 is 27.5 Å². The molecule has 2 aromatic rings. The number of benzene rings is 1.